The first-order valence-electron chi connectivity index (χ1n) is 7.66. The van der Waals surface area contributed by atoms with E-state index < -0.39 is 5.91 Å². The molecule has 0 bridgehead atoms. The number of carbonyl (C=O) groups excluding carboxylic acids is 1. The highest BCUT2D eigenvalue weighted by molar-refractivity contribution is 5.90. The third kappa shape index (κ3) is 4.80. The zero-order valence-electron chi connectivity index (χ0n) is 13.9. The van der Waals surface area contributed by atoms with Gasteiger partial charge in [-0.05, 0) is 47.8 Å². The highest BCUT2D eigenvalue weighted by Crippen LogP contribution is 2.19. The molecule has 0 heterocycles. The maximum atomic E-state index is 11.0. The van der Waals surface area contributed by atoms with Crippen molar-refractivity contribution in [3.63, 3.8) is 0 Å². The number of allylic oxidation sites excluding steroid dienone is 2. The minimum Gasteiger partial charge on any atom is -0.288 e. The molecule has 0 atom stereocenters. The Hall–Kier alpha value is -2.91. The van der Waals surface area contributed by atoms with Crippen LogP contribution in [0.2, 0.25) is 0 Å². The number of aryl methyl sites for hydroxylation is 2. The van der Waals surface area contributed by atoms with Gasteiger partial charge in [0.2, 0.25) is 0 Å². The van der Waals surface area contributed by atoms with Crippen LogP contribution in [0.3, 0.4) is 0 Å². The summed E-state index contributed by atoms with van der Waals surface area (Å²) < 4.78 is 0. The Bertz CT molecular complexity index is 816. The van der Waals surface area contributed by atoms with E-state index in [0.29, 0.717) is 0 Å². The summed E-state index contributed by atoms with van der Waals surface area (Å²) in [5.74, 6) is -0.550. The Labute approximate surface area is 142 Å². The fourth-order valence-corrected chi connectivity index (χ4v) is 2.33. The average molecular weight is 319 g/mol. The molecule has 0 aliphatic carbocycles. The minimum atomic E-state index is -0.550. The van der Waals surface area contributed by atoms with Gasteiger partial charge in [0, 0.05) is 6.08 Å². The van der Waals surface area contributed by atoms with Gasteiger partial charge >= 0.3 is 0 Å². The number of carbonyl (C=O) groups is 1. The molecule has 2 rings (SSSR count). The molecule has 24 heavy (non-hydrogen) atoms. The summed E-state index contributed by atoms with van der Waals surface area (Å²) in [5.41, 5.74) is 7.92. The van der Waals surface area contributed by atoms with Crippen LogP contribution in [0.5, 0.6) is 0 Å². The van der Waals surface area contributed by atoms with Crippen molar-refractivity contribution >= 4 is 23.6 Å². The van der Waals surface area contributed by atoms with Crippen molar-refractivity contribution in [1.29, 1.82) is 0 Å². The predicted molar refractivity (Wildman–Crippen MR) is 99.4 cm³/mol. The highest BCUT2D eigenvalue weighted by atomic mass is 16.5. The Morgan fingerprint density at radius 1 is 1.08 bits per heavy atom. The van der Waals surface area contributed by atoms with Crippen LogP contribution in [0.15, 0.2) is 61.2 Å². The van der Waals surface area contributed by atoms with Gasteiger partial charge in [0.15, 0.2) is 0 Å². The van der Waals surface area contributed by atoms with Crippen LogP contribution in [-0.4, -0.2) is 11.1 Å². The van der Waals surface area contributed by atoms with Crippen molar-refractivity contribution in [2.24, 2.45) is 0 Å². The van der Waals surface area contributed by atoms with E-state index in [4.69, 9.17) is 5.21 Å². The van der Waals surface area contributed by atoms with Gasteiger partial charge in [0.05, 0.1) is 0 Å². The maximum absolute atomic E-state index is 11.0. The quantitative estimate of drug-likeness (QED) is 0.368. The number of nitrogens with one attached hydrogen (secondary N) is 1. The standard InChI is InChI=1S/C21H21NO2/c1-15-5-4-6-20(13-15)16(2)7-10-19-11-8-18(14-17(19)3)9-12-21(23)22-24/h4-14,24H,2H2,1,3H3,(H,22,23)/b10-7+,12-9+. The van der Waals surface area contributed by atoms with E-state index >= 15 is 0 Å². The first kappa shape index (κ1) is 17.4. The van der Waals surface area contributed by atoms with Crippen molar-refractivity contribution in [2.75, 3.05) is 0 Å². The van der Waals surface area contributed by atoms with E-state index in [1.54, 1.807) is 11.6 Å². The summed E-state index contributed by atoms with van der Waals surface area (Å²) in [4.78, 5) is 11.0. The fraction of sp³-hybridized carbons (Fsp3) is 0.0952. The Kier molecular flexibility index (Phi) is 5.88. The van der Waals surface area contributed by atoms with Crippen molar-refractivity contribution in [3.8, 4) is 0 Å². The molecule has 0 aliphatic heterocycles. The van der Waals surface area contributed by atoms with Gasteiger partial charge in [-0.1, -0.05) is 66.8 Å². The van der Waals surface area contributed by atoms with E-state index in [1.165, 1.54) is 11.6 Å². The summed E-state index contributed by atoms with van der Waals surface area (Å²) in [7, 11) is 0. The van der Waals surface area contributed by atoms with Gasteiger partial charge in [-0.2, -0.15) is 0 Å². The van der Waals surface area contributed by atoms with Crippen molar-refractivity contribution < 1.29 is 10.0 Å². The second kappa shape index (κ2) is 8.09. The summed E-state index contributed by atoms with van der Waals surface area (Å²) >= 11 is 0. The summed E-state index contributed by atoms with van der Waals surface area (Å²) in [6, 6.07) is 14.1. The van der Waals surface area contributed by atoms with E-state index in [0.717, 1.165) is 27.8 Å². The first-order valence-corrected chi connectivity index (χ1v) is 7.66. The van der Waals surface area contributed by atoms with E-state index in [9.17, 15) is 4.79 Å². The molecule has 0 aliphatic rings. The lowest BCUT2D eigenvalue weighted by molar-refractivity contribution is -0.124. The third-order valence-electron chi connectivity index (χ3n) is 3.68. The van der Waals surface area contributed by atoms with Gasteiger partial charge in [-0.25, -0.2) is 5.48 Å². The maximum Gasteiger partial charge on any atom is 0.267 e. The summed E-state index contributed by atoms with van der Waals surface area (Å²) in [6.45, 7) is 8.20. The smallest absolute Gasteiger partial charge is 0.267 e. The third-order valence-corrected chi connectivity index (χ3v) is 3.68. The molecule has 2 aromatic carbocycles. The van der Waals surface area contributed by atoms with Crippen LogP contribution in [0.4, 0.5) is 0 Å². The molecule has 2 N–H and O–H groups in total. The lowest BCUT2D eigenvalue weighted by Gasteiger charge is -2.04. The Morgan fingerprint density at radius 3 is 2.54 bits per heavy atom. The van der Waals surface area contributed by atoms with E-state index in [1.807, 2.05) is 49.4 Å². The zero-order valence-corrected chi connectivity index (χ0v) is 13.9. The molecule has 0 fully saturated rings. The van der Waals surface area contributed by atoms with Gasteiger partial charge in [-0.15, -0.1) is 0 Å². The minimum absolute atomic E-state index is 0.550. The number of amides is 1. The fourth-order valence-electron chi connectivity index (χ4n) is 2.33. The van der Waals surface area contributed by atoms with Crippen molar-refractivity contribution in [2.45, 2.75) is 13.8 Å². The molecule has 122 valence electrons. The van der Waals surface area contributed by atoms with Crippen LogP contribution in [0.1, 0.15) is 27.8 Å². The second-order valence-electron chi connectivity index (χ2n) is 5.65. The molecule has 0 aromatic heterocycles. The van der Waals surface area contributed by atoms with Gasteiger partial charge in [0.25, 0.3) is 5.91 Å². The van der Waals surface area contributed by atoms with Crippen LogP contribution in [-0.2, 0) is 4.79 Å². The number of hydroxylamine groups is 1. The molecular formula is C21H21NO2. The van der Waals surface area contributed by atoms with Gasteiger partial charge < -0.3 is 0 Å². The molecule has 1 amide bonds. The number of benzene rings is 2. The molecule has 0 saturated carbocycles. The number of hydrogen-bond acceptors (Lipinski definition) is 2. The lowest BCUT2D eigenvalue weighted by Crippen LogP contribution is -2.14. The average Bonchev–Trinajstić information content (AvgIpc) is 2.58. The molecular weight excluding hydrogens is 298 g/mol. The van der Waals surface area contributed by atoms with Crippen LogP contribution in [0, 0.1) is 13.8 Å². The lowest BCUT2D eigenvalue weighted by atomic mass is 10.0. The van der Waals surface area contributed by atoms with Crippen molar-refractivity contribution in [1.82, 2.24) is 5.48 Å². The number of rotatable bonds is 5. The largest absolute Gasteiger partial charge is 0.288 e. The first-order chi connectivity index (χ1) is 11.5. The molecule has 3 heteroatoms. The monoisotopic (exact) mass is 319 g/mol. The van der Waals surface area contributed by atoms with Crippen LogP contribution >= 0.6 is 0 Å². The molecule has 0 unspecified atom stereocenters. The van der Waals surface area contributed by atoms with Gasteiger partial charge in [-0.3, -0.25) is 10.0 Å². The predicted octanol–water partition coefficient (Wildman–Crippen LogP) is 4.55. The van der Waals surface area contributed by atoms with Crippen LogP contribution in [0.25, 0.3) is 17.7 Å². The second-order valence-corrected chi connectivity index (χ2v) is 5.65. The number of hydrogen-bond donors (Lipinski definition) is 2. The molecule has 3 nitrogen and oxygen atoms in total. The Balaban J connectivity index is 2.14. The molecule has 0 spiro atoms. The SMILES string of the molecule is C=C(/C=C/c1ccc(/C=C/C(=O)NO)cc1C)c1cccc(C)c1. The normalized spacial score (nSPS) is 11.1. The van der Waals surface area contributed by atoms with Gasteiger partial charge in [0.1, 0.15) is 0 Å². The highest BCUT2D eigenvalue weighted by Gasteiger charge is 1.99. The van der Waals surface area contributed by atoms with E-state index in [2.05, 4.69) is 25.6 Å². The molecule has 0 saturated heterocycles. The Morgan fingerprint density at radius 2 is 1.88 bits per heavy atom. The van der Waals surface area contributed by atoms with Crippen molar-refractivity contribution in [3.05, 3.63) is 89.0 Å². The topological polar surface area (TPSA) is 49.3 Å². The zero-order chi connectivity index (χ0) is 17.5. The summed E-state index contributed by atoms with van der Waals surface area (Å²) in [5, 5.41) is 8.48. The van der Waals surface area contributed by atoms with E-state index in [-0.39, 0.29) is 0 Å². The summed E-state index contributed by atoms with van der Waals surface area (Å²) in [6.07, 6.45) is 6.97. The van der Waals surface area contributed by atoms with Crippen LogP contribution < -0.4 is 5.48 Å². The molecule has 0 radical (unpaired) electrons. The molecule has 2 aromatic rings.